The Balaban J connectivity index is 2.00. The van der Waals surface area contributed by atoms with Crippen LogP contribution in [0.3, 0.4) is 0 Å². The summed E-state index contributed by atoms with van der Waals surface area (Å²) < 4.78 is 11.0. The van der Waals surface area contributed by atoms with Crippen LogP contribution in [-0.4, -0.2) is 30.1 Å². The summed E-state index contributed by atoms with van der Waals surface area (Å²) in [6.45, 7) is 4.93. The molecule has 17 heavy (non-hydrogen) atoms. The van der Waals surface area contributed by atoms with Gasteiger partial charge in [-0.3, -0.25) is 4.79 Å². The zero-order valence-corrected chi connectivity index (χ0v) is 10.7. The van der Waals surface area contributed by atoms with E-state index in [1.165, 1.54) is 0 Å². The monoisotopic (exact) mass is 237 g/mol. The average molecular weight is 237 g/mol. The van der Waals surface area contributed by atoms with Gasteiger partial charge in [0.1, 0.15) is 17.1 Å². The van der Waals surface area contributed by atoms with E-state index < -0.39 is 5.60 Å². The number of furan rings is 1. The largest absolute Gasteiger partial charge is 0.464 e. The minimum Gasteiger partial charge on any atom is -0.464 e. The van der Waals surface area contributed by atoms with E-state index in [9.17, 15) is 4.79 Å². The number of likely N-dealkylation sites (N-methyl/N-ethyl adjacent to an activating group) is 1. The van der Waals surface area contributed by atoms with Crippen molar-refractivity contribution >= 4 is 5.91 Å². The molecule has 1 aliphatic heterocycles. The van der Waals surface area contributed by atoms with Gasteiger partial charge in [-0.1, -0.05) is 0 Å². The number of hydrogen-bond donors (Lipinski definition) is 0. The van der Waals surface area contributed by atoms with Gasteiger partial charge in [-0.05, 0) is 38.8 Å². The van der Waals surface area contributed by atoms with Crippen molar-refractivity contribution in [3.05, 3.63) is 23.7 Å². The molecule has 0 N–H and O–H groups in total. The van der Waals surface area contributed by atoms with Crippen LogP contribution < -0.4 is 0 Å². The number of carbonyl (C=O) groups excluding carboxylic acids is 1. The topological polar surface area (TPSA) is 42.7 Å². The van der Waals surface area contributed by atoms with Crippen molar-refractivity contribution in [1.82, 2.24) is 4.90 Å². The summed E-state index contributed by atoms with van der Waals surface area (Å²) in [4.78, 5) is 13.9. The van der Waals surface area contributed by atoms with Crippen LogP contribution in [0.2, 0.25) is 0 Å². The first-order valence-corrected chi connectivity index (χ1v) is 5.96. The smallest absolute Gasteiger partial charge is 0.254 e. The van der Waals surface area contributed by atoms with Crippen molar-refractivity contribution in [3.8, 4) is 0 Å². The molecule has 0 radical (unpaired) electrons. The summed E-state index contributed by atoms with van der Waals surface area (Å²) >= 11 is 0. The second-order valence-corrected chi connectivity index (χ2v) is 4.86. The maximum atomic E-state index is 12.2. The summed E-state index contributed by atoms with van der Waals surface area (Å²) in [6.07, 6.45) is 1.75. The molecule has 94 valence electrons. The van der Waals surface area contributed by atoms with Crippen molar-refractivity contribution in [2.45, 2.75) is 38.8 Å². The normalized spacial score (nSPS) is 23.9. The van der Waals surface area contributed by atoms with E-state index >= 15 is 0 Å². The van der Waals surface area contributed by atoms with Crippen molar-refractivity contribution in [2.75, 3.05) is 13.7 Å². The highest BCUT2D eigenvalue weighted by Gasteiger charge is 2.39. The Hall–Kier alpha value is -1.29. The quantitative estimate of drug-likeness (QED) is 0.808. The maximum absolute atomic E-state index is 12.2. The van der Waals surface area contributed by atoms with Crippen LogP contribution in [-0.2, 0) is 16.1 Å². The lowest BCUT2D eigenvalue weighted by Gasteiger charge is -2.27. The molecule has 1 fully saturated rings. The molecule has 1 aromatic rings. The predicted octanol–water partition coefficient (Wildman–Crippen LogP) is 2.12. The maximum Gasteiger partial charge on any atom is 0.254 e. The van der Waals surface area contributed by atoms with E-state index in [1.54, 1.807) is 11.9 Å². The standard InChI is InChI=1S/C13H19NO3/c1-10-5-6-11(17-10)9-14(3)12(15)13(2)7-4-8-16-13/h5-6H,4,7-9H2,1-3H3/t13-/m0/s1. The number of ether oxygens (including phenoxy) is 1. The minimum absolute atomic E-state index is 0.0315. The van der Waals surface area contributed by atoms with Crippen molar-refractivity contribution in [2.24, 2.45) is 0 Å². The lowest BCUT2D eigenvalue weighted by Crippen LogP contribution is -2.44. The second-order valence-electron chi connectivity index (χ2n) is 4.86. The lowest BCUT2D eigenvalue weighted by atomic mass is 10.0. The van der Waals surface area contributed by atoms with Crippen LogP contribution in [0.5, 0.6) is 0 Å². The molecule has 0 aromatic carbocycles. The highest BCUT2D eigenvalue weighted by molar-refractivity contribution is 5.84. The Kier molecular flexibility index (Phi) is 3.24. The molecule has 0 spiro atoms. The molecule has 4 heteroatoms. The number of amides is 1. The van der Waals surface area contributed by atoms with Gasteiger partial charge in [0.15, 0.2) is 0 Å². The number of rotatable bonds is 3. The first-order valence-electron chi connectivity index (χ1n) is 5.96. The number of nitrogens with zero attached hydrogens (tertiary/aromatic N) is 1. The zero-order chi connectivity index (χ0) is 12.5. The van der Waals surface area contributed by atoms with Gasteiger partial charge in [0.05, 0.1) is 6.54 Å². The number of hydrogen-bond acceptors (Lipinski definition) is 3. The molecule has 4 nitrogen and oxygen atoms in total. The summed E-state index contributed by atoms with van der Waals surface area (Å²) in [5, 5.41) is 0. The molecular formula is C13H19NO3. The van der Waals surface area contributed by atoms with Gasteiger partial charge in [-0.25, -0.2) is 0 Å². The molecule has 1 atom stereocenters. The zero-order valence-electron chi connectivity index (χ0n) is 10.7. The van der Waals surface area contributed by atoms with Crippen molar-refractivity contribution in [3.63, 3.8) is 0 Å². The van der Waals surface area contributed by atoms with Gasteiger partial charge >= 0.3 is 0 Å². The molecule has 2 heterocycles. The fourth-order valence-corrected chi connectivity index (χ4v) is 2.23. The third-order valence-electron chi connectivity index (χ3n) is 3.21. The Morgan fingerprint density at radius 1 is 1.53 bits per heavy atom. The van der Waals surface area contributed by atoms with Crippen LogP contribution in [0.4, 0.5) is 0 Å². The Morgan fingerprint density at radius 2 is 2.29 bits per heavy atom. The first kappa shape index (κ1) is 12.2. The Morgan fingerprint density at radius 3 is 2.82 bits per heavy atom. The van der Waals surface area contributed by atoms with Gasteiger partial charge in [-0.2, -0.15) is 0 Å². The van der Waals surface area contributed by atoms with E-state index in [0.29, 0.717) is 13.2 Å². The molecule has 0 aliphatic carbocycles. The van der Waals surface area contributed by atoms with E-state index in [4.69, 9.17) is 9.15 Å². The highest BCUT2D eigenvalue weighted by atomic mass is 16.5. The van der Waals surface area contributed by atoms with Gasteiger partial charge in [0.2, 0.25) is 0 Å². The van der Waals surface area contributed by atoms with Crippen molar-refractivity contribution in [1.29, 1.82) is 0 Å². The van der Waals surface area contributed by atoms with E-state index in [-0.39, 0.29) is 5.91 Å². The van der Waals surface area contributed by atoms with Crippen molar-refractivity contribution < 1.29 is 13.9 Å². The number of aryl methyl sites for hydroxylation is 1. The SMILES string of the molecule is Cc1ccc(CN(C)C(=O)[C@]2(C)CCCO2)o1. The summed E-state index contributed by atoms with van der Waals surface area (Å²) in [6, 6.07) is 3.80. The fourth-order valence-electron chi connectivity index (χ4n) is 2.23. The average Bonchev–Trinajstić information content (AvgIpc) is 2.88. The molecule has 1 amide bonds. The molecular weight excluding hydrogens is 218 g/mol. The van der Waals surface area contributed by atoms with E-state index in [2.05, 4.69) is 0 Å². The van der Waals surface area contributed by atoms with Crippen LogP contribution in [0.15, 0.2) is 16.5 Å². The molecule has 1 aliphatic rings. The van der Waals surface area contributed by atoms with Crippen LogP contribution in [0, 0.1) is 6.92 Å². The Bertz CT molecular complexity index is 405. The lowest BCUT2D eigenvalue weighted by molar-refractivity contribution is -0.150. The second kappa shape index (κ2) is 4.53. The highest BCUT2D eigenvalue weighted by Crippen LogP contribution is 2.27. The van der Waals surface area contributed by atoms with Crippen LogP contribution in [0.25, 0.3) is 0 Å². The first-order chi connectivity index (χ1) is 8.01. The summed E-state index contributed by atoms with van der Waals surface area (Å²) in [7, 11) is 1.78. The molecule has 1 saturated heterocycles. The summed E-state index contributed by atoms with van der Waals surface area (Å²) in [5.41, 5.74) is -0.642. The minimum atomic E-state index is -0.642. The summed E-state index contributed by atoms with van der Waals surface area (Å²) in [5.74, 6) is 1.70. The molecule has 0 bridgehead atoms. The van der Waals surface area contributed by atoms with Crippen LogP contribution in [0.1, 0.15) is 31.3 Å². The molecule has 0 unspecified atom stereocenters. The van der Waals surface area contributed by atoms with E-state index in [1.807, 2.05) is 26.0 Å². The molecule has 1 aromatic heterocycles. The van der Waals surface area contributed by atoms with E-state index in [0.717, 1.165) is 24.4 Å². The van der Waals surface area contributed by atoms with Gasteiger partial charge in [0, 0.05) is 13.7 Å². The van der Waals surface area contributed by atoms with Gasteiger partial charge in [-0.15, -0.1) is 0 Å². The number of carbonyl (C=O) groups is 1. The van der Waals surface area contributed by atoms with Gasteiger partial charge in [0.25, 0.3) is 5.91 Å². The molecule has 2 rings (SSSR count). The van der Waals surface area contributed by atoms with Gasteiger partial charge < -0.3 is 14.1 Å². The molecule has 0 saturated carbocycles. The fraction of sp³-hybridized carbons (Fsp3) is 0.615. The Labute approximate surface area is 102 Å². The predicted molar refractivity (Wildman–Crippen MR) is 63.5 cm³/mol. The third kappa shape index (κ3) is 2.52. The third-order valence-corrected chi connectivity index (χ3v) is 3.21. The van der Waals surface area contributed by atoms with Crippen LogP contribution >= 0.6 is 0 Å².